The van der Waals surface area contributed by atoms with Gasteiger partial charge >= 0.3 is 0 Å². The molecule has 2 N–H and O–H groups in total. The predicted octanol–water partition coefficient (Wildman–Crippen LogP) is 2.67. The van der Waals surface area contributed by atoms with Gasteiger partial charge < -0.3 is 20.2 Å². The number of benzene rings is 1. The Kier molecular flexibility index (Phi) is 8.33. The molecule has 0 amide bonds. The third-order valence-electron chi connectivity index (χ3n) is 6.31. The van der Waals surface area contributed by atoms with Gasteiger partial charge in [-0.1, -0.05) is 13.0 Å². The lowest BCUT2D eigenvalue weighted by Gasteiger charge is -2.31. The maximum absolute atomic E-state index is 14.7. The first-order valence-electron chi connectivity index (χ1n) is 11.5. The Morgan fingerprint density at radius 3 is 2.67 bits per heavy atom. The fraction of sp³-hybridized carbons (Fsp3) is 0.696. The molecule has 1 atom stereocenters. The lowest BCUT2D eigenvalue weighted by atomic mass is 10.1. The lowest BCUT2D eigenvalue weighted by Crippen LogP contribution is -2.45. The normalized spacial score (nSPS) is 21.3. The second-order valence-electron chi connectivity index (χ2n) is 8.48. The number of hydrogen-bond acceptors (Lipinski definition) is 4. The molecule has 2 saturated heterocycles. The summed E-state index contributed by atoms with van der Waals surface area (Å²) in [6.07, 6.45) is 3.63. The molecule has 0 spiro atoms. The van der Waals surface area contributed by atoms with Crippen LogP contribution in [0.3, 0.4) is 0 Å². The molecular formula is C23H38FN5O. The van der Waals surface area contributed by atoms with E-state index in [1.807, 2.05) is 17.0 Å². The molecule has 2 heterocycles. The third kappa shape index (κ3) is 5.85. The van der Waals surface area contributed by atoms with E-state index < -0.39 is 0 Å². The number of aliphatic imine (C=N–C) groups is 1. The van der Waals surface area contributed by atoms with E-state index in [4.69, 9.17) is 4.99 Å². The van der Waals surface area contributed by atoms with Gasteiger partial charge in [-0.2, -0.15) is 0 Å². The van der Waals surface area contributed by atoms with Crippen LogP contribution in [0.5, 0.6) is 0 Å². The van der Waals surface area contributed by atoms with Crippen LogP contribution in [0.15, 0.2) is 23.2 Å². The van der Waals surface area contributed by atoms with Crippen molar-refractivity contribution in [3.63, 3.8) is 0 Å². The van der Waals surface area contributed by atoms with Crippen LogP contribution in [0, 0.1) is 5.82 Å². The van der Waals surface area contributed by atoms with Gasteiger partial charge in [0.05, 0.1) is 18.3 Å². The summed E-state index contributed by atoms with van der Waals surface area (Å²) in [4.78, 5) is 11.5. The van der Waals surface area contributed by atoms with Crippen LogP contribution < -0.4 is 10.2 Å². The molecular weight excluding hydrogens is 381 g/mol. The molecule has 30 heavy (non-hydrogen) atoms. The van der Waals surface area contributed by atoms with Gasteiger partial charge in [-0.3, -0.25) is 4.90 Å². The van der Waals surface area contributed by atoms with Crippen molar-refractivity contribution in [1.29, 1.82) is 0 Å². The highest BCUT2D eigenvalue weighted by molar-refractivity contribution is 5.79. The van der Waals surface area contributed by atoms with Crippen molar-refractivity contribution in [2.75, 3.05) is 51.2 Å². The van der Waals surface area contributed by atoms with Gasteiger partial charge in [0.2, 0.25) is 0 Å². The molecule has 1 aromatic rings. The number of piperidine rings is 1. The Balaban J connectivity index is 1.63. The molecule has 6 nitrogen and oxygen atoms in total. The monoisotopic (exact) mass is 419 g/mol. The topological polar surface area (TPSA) is 54.3 Å². The number of rotatable bonds is 7. The van der Waals surface area contributed by atoms with E-state index >= 15 is 0 Å². The zero-order valence-electron chi connectivity index (χ0n) is 18.8. The molecule has 2 fully saturated rings. The molecule has 0 bridgehead atoms. The molecule has 0 aromatic heterocycles. The standard InChI is InChI=1S/C23H38FN5O/c1-4-25-23(27(3)17-19-7-6-12-28(19)5-2)26-16-18-8-9-22(21(24)15-18)29-13-10-20(30)11-14-29/h8-9,15,19-20,30H,4-7,10-14,16-17H2,1-3H3,(H,25,26). The van der Waals surface area contributed by atoms with Gasteiger partial charge in [0.25, 0.3) is 0 Å². The first kappa shape index (κ1) is 22.8. The average Bonchev–Trinajstić information content (AvgIpc) is 3.19. The van der Waals surface area contributed by atoms with E-state index in [2.05, 4.69) is 36.0 Å². The number of halogens is 1. The zero-order valence-corrected chi connectivity index (χ0v) is 18.8. The zero-order chi connectivity index (χ0) is 21.5. The third-order valence-corrected chi connectivity index (χ3v) is 6.31. The van der Waals surface area contributed by atoms with E-state index in [0.717, 1.165) is 31.2 Å². The fourth-order valence-corrected chi connectivity index (χ4v) is 4.57. The van der Waals surface area contributed by atoms with Crippen molar-refractivity contribution in [2.45, 2.75) is 58.2 Å². The number of hydrogen-bond donors (Lipinski definition) is 2. The predicted molar refractivity (Wildman–Crippen MR) is 122 cm³/mol. The highest BCUT2D eigenvalue weighted by atomic mass is 19.1. The lowest BCUT2D eigenvalue weighted by molar-refractivity contribution is 0.145. The average molecular weight is 420 g/mol. The number of anilines is 1. The Morgan fingerprint density at radius 1 is 1.23 bits per heavy atom. The Morgan fingerprint density at radius 2 is 2.00 bits per heavy atom. The van der Waals surface area contributed by atoms with Crippen LogP contribution in [0.25, 0.3) is 0 Å². The number of likely N-dealkylation sites (N-methyl/N-ethyl adjacent to an activating group) is 2. The highest BCUT2D eigenvalue weighted by Gasteiger charge is 2.25. The summed E-state index contributed by atoms with van der Waals surface area (Å²) in [7, 11) is 2.09. The molecule has 0 saturated carbocycles. The number of nitrogens with one attached hydrogen (secondary N) is 1. The summed E-state index contributed by atoms with van der Waals surface area (Å²) in [6, 6.07) is 5.99. The van der Waals surface area contributed by atoms with Crippen LogP contribution in [-0.2, 0) is 6.54 Å². The smallest absolute Gasteiger partial charge is 0.194 e. The van der Waals surface area contributed by atoms with Crippen LogP contribution in [0.2, 0.25) is 0 Å². The van der Waals surface area contributed by atoms with Crippen molar-refractivity contribution in [1.82, 2.24) is 15.1 Å². The maximum atomic E-state index is 14.7. The van der Waals surface area contributed by atoms with Gasteiger partial charge in [-0.05, 0) is 63.4 Å². The number of aliphatic hydroxyl groups excluding tert-OH is 1. The number of guanidine groups is 1. The second kappa shape index (κ2) is 11.0. The molecule has 7 heteroatoms. The molecule has 3 rings (SSSR count). The Bertz CT molecular complexity index is 705. The quantitative estimate of drug-likeness (QED) is 0.526. The minimum Gasteiger partial charge on any atom is -0.393 e. The number of aliphatic hydroxyl groups is 1. The van der Waals surface area contributed by atoms with Crippen LogP contribution in [0.4, 0.5) is 10.1 Å². The van der Waals surface area contributed by atoms with Crippen LogP contribution >= 0.6 is 0 Å². The first-order valence-corrected chi connectivity index (χ1v) is 11.5. The highest BCUT2D eigenvalue weighted by Crippen LogP contribution is 2.24. The summed E-state index contributed by atoms with van der Waals surface area (Å²) >= 11 is 0. The van der Waals surface area contributed by atoms with E-state index in [0.29, 0.717) is 44.2 Å². The molecule has 2 aliphatic rings. The summed E-state index contributed by atoms with van der Waals surface area (Å²) < 4.78 is 14.7. The molecule has 2 aliphatic heterocycles. The molecule has 0 aliphatic carbocycles. The SMILES string of the molecule is CCNC(=NCc1ccc(N2CCC(O)CC2)c(F)c1)N(C)CC1CCCN1CC. The van der Waals surface area contributed by atoms with Crippen LogP contribution in [-0.4, -0.2) is 79.3 Å². The van der Waals surface area contributed by atoms with E-state index in [1.165, 1.54) is 19.4 Å². The Labute approximate surface area is 180 Å². The number of nitrogens with zero attached hydrogens (tertiary/aromatic N) is 4. The summed E-state index contributed by atoms with van der Waals surface area (Å²) in [5, 5.41) is 13.0. The second-order valence-corrected chi connectivity index (χ2v) is 8.48. The van der Waals surface area contributed by atoms with Crippen molar-refractivity contribution in [2.24, 2.45) is 4.99 Å². The van der Waals surface area contributed by atoms with Crippen molar-refractivity contribution in [3.8, 4) is 0 Å². The number of likely N-dealkylation sites (tertiary alicyclic amines) is 1. The minimum absolute atomic E-state index is 0.206. The first-order chi connectivity index (χ1) is 14.5. The van der Waals surface area contributed by atoms with E-state index in [9.17, 15) is 9.50 Å². The van der Waals surface area contributed by atoms with Crippen molar-refractivity contribution in [3.05, 3.63) is 29.6 Å². The van der Waals surface area contributed by atoms with E-state index in [1.54, 1.807) is 6.07 Å². The molecule has 1 unspecified atom stereocenters. The summed E-state index contributed by atoms with van der Waals surface area (Å²) in [5.74, 6) is 0.664. The van der Waals surface area contributed by atoms with Gasteiger partial charge in [-0.15, -0.1) is 0 Å². The largest absolute Gasteiger partial charge is 0.393 e. The Hall–Kier alpha value is -1.86. The molecule has 1 aromatic carbocycles. The minimum atomic E-state index is -0.256. The van der Waals surface area contributed by atoms with Crippen molar-refractivity contribution < 1.29 is 9.50 Å². The molecule has 168 valence electrons. The van der Waals surface area contributed by atoms with Gasteiger partial charge in [0, 0.05) is 39.3 Å². The van der Waals surface area contributed by atoms with E-state index in [-0.39, 0.29) is 11.9 Å². The van der Waals surface area contributed by atoms with Crippen LogP contribution in [0.1, 0.15) is 45.1 Å². The van der Waals surface area contributed by atoms with Crippen molar-refractivity contribution >= 4 is 11.6 Å². The summed E-state index contributed by atoms with van der Waals surface area (Å²) in [5.41, 5.74) is 1.49. The van der Waals surface area contributed by atoms with Gasteiger partial charge in [-0.25, -0.2) is 9.38 Å². The molecule has 0 radical (unpaired) electrons. The maximum Gasteiger partial charge on any atom is 0.194 e. The van der Waals surface area contributed by atoms with Gasteiger partial charge in [0.15, 0.2) is 5.96 Å². The summed E-state index contributed by atoms with van der Waals surface area (Å²) in [6.45, 7) is 10.2. The fourth-order valence-electron chi connectivity index (χ4n) is 4.57. The van der Waals surface area contributed by atoms with Gasteiger partial charge in [0.1, 0.15) is 5.82 Å².